The van der Waals surface area contributed by atoms with Crippen molar-refractivity contribution in [2.45, 2.75) is 25.9 Å². The van der Waals surface area contributed by atoms with Gasteiger partial charge in [0, 0.05) is 62.6 Å². The zero-order chi connectivity index (χ0) is 28.8. The van der Waals surface area contributed by atoms with Crippen LogP contribution in [0.15, 0.2) is 58.9 Å². The summed E-state index contributed by atoms with van der Waals surface area (Å²) in [5.74, 6) is 1.76. The number of piperazine rings is 1. The molecule has 0 bridgehead atoms. The molecule has 0 aliphatic carbocycles. The summed E-state index contributed by atoms with van der Waals surface area (Å²) in [5.41, 5.74) is 10.3. The second-order valence-corrected chi connectivity index (χ2v) is 10.7. The van der Waals surface area contributed by atoms with Gasteiger partial charge in [-0.3, -0.25) is 14.9 Å². The van der Waals surface area contributed by atoms with Crippen LogP contribution >= 0.6 is 0 Å². The van der Waals surface area contributed by atoms with Crippen molar-refractivity contribution in [1.82, 2.24) is 39.6 Å². The second-order valence-electron chi connectivity index (χ2n) is 10.7. The zero-order valence-electron chi connectivity index (χ0n) is 23.5. The summed E-state index contributed by atoms with van der Waals surface area (Å²) in [6, 6.07) is 10.8. The molecule has 13 heteroatoms. The van der Waals surface area contributed by atoms with Gasteiger partial charge in [-0.15, -0.1) is 5.10 Å². The van der Waals surface area contributed by atoms with Crippen molar-refractivity contribution in [2.24, 2.45) is 15.8 Å². The maximum atomic E-state index is 14.9. The van der Waals surface area contributed by atoms with E-state index >= 15 is 0 Å². The summed E-state index contributed by atoms with van der Waals surface area (Å²) in [6.45, 7) is 8.44. The number of aliphatic imine (C=N–C) groups is 1. The summed E-state index contributed by atoms with van der Waals surface area (Å²) in [7, 11) is 0. The maximum Gasteiger partial charge on any atom is 0.220 e. The first-order valence-electron chi connectivity index (χ1n) is 14.0. The highest BCUT2D eigenvalue weighted by molar-refractivity contribution is 5.85. The number of hydrazone groups is 1. The van der Waals surface area contributed by atoms with Gasteiger partial charge in [0.2, 0.25) is 11.8 Å². The molecule has 1 fully saturated rings. The predicted octanol–water partition coefficient (Wildman–Crippen LogP) is 2.26. The lowest BCUT2D eigenvalue weighted by Crippen LogP contribution is -2.49. The number of anilines is 1. The van der Waals surface area contributed by atoms with Gasteiger partial charge in [-0.05, 0) is 49.7 Å². The number of fused-ring (bicyclic) bond motifs is 3. The van der Waals surface area contributed by atoms with Crippen LogP contribution in [0.3, 0.4) is 0 Å². The van der Waals surface area contributed by atoms with Gasteiger partial charge >= 0.3 is 0 Å². The molecular formula is C29H31FN12. The van der Waals surface area contributed by atoms with Crippen LogP contribution < -0.4 is 10.6 Å². The van der Waals surface area contributed by atoms with E-state index in [-0.39, 0.29) is 17.9 Å². The molecule has 3 aromatic heterocycles. The summed E-state index contributed by atoms with van der Waals surface area (Å²) < 4.78 is 16.5. The first-order valence-corrected chi connectivity index (χ1v) is 14.0. The van der Waals surface area contributed by atoms with Gasteiger partial charge in [0.05, 0.1) is 18.2 Å². The van der Waals surface area contributed by atoms with Gasteiger partial charge in [0.15, 0.2) is 12.0 Å². The number of aromatic nitrogens is 6. The molecule has 2 N–H and O–H groups in total. The number of hydrogen-bond acceptors (Lipinski definition) is 11. The number of halogens is 1. The molecule has 12 nitrogen and oxygen atoms in total. The number of nitrogens with two attached hydrogens (primary N) is 1. The molecule has 3 aliphatic heterocycles. The molecule has 2 unspecified atom stereocenters. The molecule has 2 atom stereocenters. The Balaban J connectivity index is 0.983. The van der Waals surface area contributed by atoms with Crippen molar-refractivity contribution >= 4 is 17.9 Å². The van der Waals surface area contributed by atoms with Crippen LogP contribution in [0.1, 0.15) is 23.0 Å². The van der Waals surface area contributed by atoms with E-state index in [0.717, 1.165) is 42.1 Å². The lowest BCUT2D eigenvalue weighted by Gasteiger charge is -2.37. The maximum absolute atomic E-state index is 14.9. The van der Waals surface area contributed by atoms with E-state index in [1.807, 2.05) is 49.3 Å². The van der Waals surface area contributed by atoms with E-state index in [9.17, 15) is 4.39 Å². The number of nitrogens with zero attached hydrogens (tertiary/aromatic N) is 11. The molecule has 7 rings (SSSR count). The van der Waals surface area contributed by atoms with Crippen molar-refractivity contribution in [3.63, 3.8) is 0 Å². The Morgan fingerprint density at radius 3 is 2.62 bits per heavy atom. The van der Waals surface area contributed by atoms with E-state index in [2.05, 4.69) is 35.0 Å². The van der Waals surface area contributed by atoms with Crippen molar-refractivity contribution < 1.29 is 4.39 Å². The highest BCUT2D eigenvalue weighted by Crippen LogP contribution is 2.32. The highest BCUT2D eigenvalue weighted by atomic mass is 19.1. The molecule has 4 aromatic rings. The third kappa shape index (κ3) is 4.75. The fourth-order valence-corrected chi connectivity index (χ4v) is 5.68. The fraction of sp³-hybridized carbons (Fsp3) is 0.345. The third-order valence-corrected chi connectivity index (χ3v) is 7.99. The number of aryl methyl sites for hydroxylation is 2. The molecule has 0 saturated carbocycles. The van der Waals surface area contributed by atoms with E-state index in [1.54, 1.807) is 23.1 Å². The van der Waals surface area contributed by atoms with Gasteiger partial charge in [0.25, 0.3) is 0 Å². The standard InChI is InChI=1S/C29H31FN12/c1-18-4-3-8-32-24(18)26-36-28-21-17-34-41(27(21)37-29(31)42(28)38-26)15-12-39-10-13-40(14-11-39)23-16-20(5-6-22(23)30)25-33-9-7-19(2)35-25/h3-9,16-17,21,27H,10-15H2,1-2H3,(H2,31,37). The van der Waals surface area contributed by atoms with Crippen molar-refractivity contribution in [2.75, 3.05) is 44.2 Å². The van der Waals surface area contributed by atoms with Gasteiger partial charge in [0.1, 0.15) is 17.3 Å². The quantitative estimate of drug-likeness (QED) is 0.374. The van der Waals surface area contributed by atoms with Crippen LogP contribution in [-0.2, 0) is 0 Å². The lowest BCUT2D eigenvalue weighted by atomic mass is 10.1. The molecule has 6 heterocycles. The molecule has 1 saturated heterocycles. The Morgan fingerprint density at radius 2 is 1.81 bits per heavy atom. The Bertz CT molecular complexity index is 1690. The Labute approximate surface area is 242 Å². The SMILES string of the molecule is Cc1ccnc(-c2ccc(F)c(N3CCN(CCN4N=CC5c6nc(-c7ncccc7C)nn6C(N)=NC54)CC3)c2)n1. The molecule has 42 heavy (non-hydrogen) atoms. The minimum absolute atomic E-state index is 0.146. The molecule has 0 spiro atoms. The van der Waals surface area contributed by atoms with E-state index in [1.165, 1.54) is 6.07 Å². The van der Waals surface area contributed by atoms with Crippen LogP contribution in [0.2, 0.25) is 0 Å². The first-order chi connectivity index (χ1) is 20.4. The fourth-order valence-electron chi connectivity index (χ4n) is 5.68. The lowest BCUT2D eigenvalue weighted by molar-refractivity contribution is 0.169. The van der Waals surface area contributed by atoms with Crippen LogP contribution in [-0.4, -0.2) is 97.2 Å². The Hall–Kier alpha value is -4.78. The molecule has 0 radical (unpaired) electrons. The molecule has 214 valence electrons. The highest BCUT2D eigenvalue weighted by Gasteiger charge is 2.40. The third-order valence-electron chi connectivity index (χ3n) is 7.99. The summed E-state index contributed by atoms with van der Waals surface area (Å²) in [4.78, 5) is 27.3. The number of benzene rings is 1. The van der Waals surface area contributed by atoms with Crippen LogP contribution in [0.4, 0.5) is 10.1 Å². The smallest absolute Gasteiger partial charge is 0.220 e. The van der Waals surface area contributed by atoms with Crippen molar-refractivity contribution in [3.8, 4) is 22.9 Å². The number of pyridine rings is 1. The molecule has 1 aromatic carbocycles. The van der Waals surface area contributed by atoms with E-state index in [0.29, 0.717) is 48.8 Å². The predicted molar refractivity (Wildman–Crippen MR) is 158 cm³/mol. The van der Waals surface area contributed by atoms with Gasteiger partial charge in [-0.1, -0.05) is 6.07 Å². The zero-order valence-corrected chi connectivity index (χ0v) is 23.5. The minimum Gasteiger partial charge on any atom is -0.368 e. The van der Waals surface area contributed by atoms with E-state index < -0.39 is 0 Å². The van der Waals surface area contributed by atoms with E-state index in [4.69, 9.17) is 15.7 Å². The molecule has 3 aliphatic rings. The average Bonchev–Trinajstić information content (AvgIpc) is 3.62. The number of hydrogen-bond donors (Lipinski definition) is 1. The first kappa shape index (κ1) is 26.1. The second kappa shape index (κ2) is 10.6. The van der Waals surface area contributed by atoms with Crippen molar-refractivity contribution in [1.29, 1.82) is 0 Å². The van der Waals surface area contributed by atoms with Crippen LogP contribution in [0.5, 0.6) is 0 Å². The summed E-state index contributed by atoms with van der Waals surface area (Å²) in [6.07, 6.45) is 5.07. The van der Waals surface area contributed by atoms with Crippen LogP contribution in [0, 0.1) is 19.7 Å². The normalized spacial score (nSPS) is 20.0. The van der Waals surface area contributed by atoms with Crippen LogP contribution in [0.25, 0.3) is 22.9 Å². The Kier molecular flexibility index (Phi) is 6.57. The molecule has 0 amide bonds. The van der Waals surface area contributed by atoms with Gasteiger partial charge < -0.3 is 10.6 Å². The minimum atomic E-state index is -0.263. The van der Waals surface area contributed by atoms with Gasteiger partial charge in [-0.25, -0.2) is 24.3 Å². The van der Waals surface area contributed by atoms with Crippen molar-refractivity contribution in [3.05, 3.63) is 71.7 Å². The monoisotopic (exact) mass is 566 g/mol. The Morgan fingerprint density at radius 1 is 0.952 bits per heavy atom. The topological polar surface area (TPSA) is 130 Å². The largest absolute Gasteiger partial charge is 0.368 e. The summed E-state index contributed by atoms with van der Waals surface area (Å²) in [5, 5.41) is 11.2. The number of rotatable bonds is 6. The van der Waals surface area contributed by atoms with Gasteiger partial charge in [-0.2, -0.15) is 9.78 Å². The average molecular weight is 567 g/mol. The molecular weight excluding hydrogens is 535 g/mol. The summed E-state index contributed by atoms with van der Waals surface area (Å²) >= 11 is 0.